The lowest BCUT2D eigenvalue weighted by atomic mass is 9.75. The van der Waals surface area contributed by atoms with Crippen LogP contribution in [0.4, 0.5) is 0 Å². The predicted octanol–water partition coefficient (Wildman–Crippen LogP) is 2.43. The van der Waals surface area contributed by atoms with Gasteiger partial charge in [-0.3, -0.25) is 0 Å². The average Bonchev–Trinajstić information content (AvgIpc) is 2.60. The maximum Gasteiger partial charge on any atom is 0.0940 e. The highest BCUT2D eigenvalue weighted by atomic mass is 16.5. The van der Waals surface area contributed by atoms with Gasteiger partial charge in [0, 0.05) is 18.7 Å². The molecule has 0 radical (unpaired) electrons. The molecule has 1 aliphatic rings. The number of aliphatic hydroxyl groups is 1. The minimum absolute atomic E-state index is 0.484. The van der Waals surface area contributed by atoms with Crippen molar-refractivity contribution in [3.63, 3.8) is 0 Å². The molecular formula is C12H18N2O2. The molecule has 0 saturated heterocycles. The Balaban J connectivity index is 2.92. The first kappa shape index (κ1) is 12.8. The molecule has 0 aromatic carbocycles. The molecule has 2 atom stereocenters. The van der Waals surface area contributed by atoms with E-state index < -0.39 is 11.0 Å². The fourth-order valence-corrected chi connectivity index (χ4v) is 1.69. The first-order chi connectivity index (χ1) is 7.45. The molecule has 16 heavy (non-hydrogen) atoms. The summed E-state index contributed by atoms with van der Waals surface area (Å²) in [6.07, 6.45) is 8.68. The van der Waals surface area contributed by atoms with Gasteiger partial charge in [-0.25, -0.2) is 5.53 Å². The summed E-state index contributed by atoms with van der Waals surface area (Å²) in [6, 6.07) is 0. The lowest BCUT2D eigenvalue weighted by Gasteiger charge is -2.34. The number of ether oxygens (including phenoxy) is 1. The maximum absolute atomic E-state index is 10.3. The lowest BCUT2D eigenvalue weighted by molar-refractivity contribution is 0.0375. The van der Waals surface area contributed by atoms with Crippen LogP contribution in [0.25, 0.3) is 0 Å². The number of nitrogens with zero attached hydrogens (tertiary/aromatic N) is 1. The van der Waals surface area contributed by atoms with Gasteiger partial charge < -0.3 is 9.84 Å². The van der Waals surface area contributed by atoms with Crippen LogP contribution in [0.1, 0.15) is 13.8 Å². The Bertz CT molecular complexity index is 356. The Hall–Kier alpha value is -1.26. The predicted molar refractivity (Wildman–Crippen MR) is 62.1 cm³/mol. The van der Waals surface area contributed by atoms with Crippen LogP contribution in [0, 0.1) is 10.9 Å². The van der Waals surface area contributed by atoms with E-state index in [1.165, 1.54) is 12.3 Å². The van der Waals surface area contributed by atoms with Crippen molar-refractivity contribution < 1.29 is 9.84 Å². The van der Waals surface area contributed by atoms with Crippen LogP contribution in [0.15, 0.2) is 41.2 Å². The smallest absolute Gasteiger partial charge is 0.0940 e. The summed E-state index contributed by atoms with van der Waals surface area (Å²) >= 11 is 0. The Morgan fingerprint density at radius 1 is 1.69 bits per heavy atom. The van der Waals surface area contributed by atoms with E-state index in [-0.39, 0.29) is 0 Å². The summed E-state index contributed by atoms with van der Waals surface area (Å²) in [5.41, 5.74) is 6.19. The molecule has 4 heteroatoms. The van der Waals surface area contributed by atoms with E-state index in [1.54, 1.807) is 14.0 Å². The van der Waals surface area contributed by atoms with E-state index in [2.05, 4.69) is 5.11 Å². The van der Waals surface area contributed by atoms with E-state index >= 15 is 0 Å². The van der Waals surface area contributed by atoms with Crippen molar-refractivity contribution in [2.45, 2.75) is 19.4 Å². The second-order valence-electron chi connectivity index (χ2n) is 4.36. The number of methoxy groups -OCH3 is 1. The van der Waals surface area contributed by atoms with Crippen molar-refractivity contribution in [3.05, 3.63) is 36.1 Å². The van der Waals surface area contributed by atoms with Crippen LogP contribution in [0.2, 0.25) is 0 Å². The van der Waals surface area contributed by atoms with Gasteiger partial charge in [0.1, 0.15) is 0 Å². The largest absolute Gasteiger partial charge is 0.385 e. The van der Waals surface area contributed by atoms with Crippen molar-refractivity contribution in [2.75, 3.05) is 13.7 Å². The zero-order chi connectivity index (χ0) is 12.2. The van der Waals surface area contributed by atoms with Crippen LogP contribution < -0.4 is 0 Å². The molecule has 1 rings (SSSR count). The van der Waals surface area contributed by atoms with Crippen molar-refractivity contribution in [2.24, 2.45) is 10.5 Å². The van der Waals surface area contributed by atoms with Crippen LogP contribution in [-0.2, 0) is 4.74 Å². The van der Waals surface area contributed by atoms with Gasteiger partial charge in [0.25, 0.3) is 0 Å². The molecular weight excluding hydrogens is 204 g/mol. The quantitative estimate of drug-likeness (QED) is 0.701. The van der Waals surface area contributed by atoms with Gasteiger partial charge in [-0.1, -0.05) is 18.2 Å². The second-order valence-corrected chi connectivity index (χ2v) is 4.36. The maximum atomic E-state index is 10.3. The number of nitrogens with one attached hydrogen (secondary N) is 1. The van der Waals surface area contributed by atoms with E-state index in [0.29, 0.717) is 6.61 Å². The van der Waals surface area contributed by atoms with Crippen LogP contribution in [0.5, 0.6) is 0 Å². The molecule has 0 heterocycles. The highest BCUT2D eigenvalue weighted by Crippen LogP contribution is 2.40. The van der Waals surface area contributed by atoms with Crippen molar-refractivity contribution in [1.29, 1.82) is 5.53 Å². The fourth-order valence-electron chi connectivity index (χ4n) is 1.69. The molecule has 0 amide bonds. The molecule has 0 aromatic heterocycles. The molecule has 0 aliphatic heterocycles. The van der Waals surface area contributed by atoms with Crippen LogP contribution in [-0.4, -0.2) is 24.4 Å². The van der Waals surface area contributed by atoms with Crippen molar-refractivity contribution in [3.8, 4) is 0 Å². The second kappa shape index (κ2) is 4.72. The van der Waals surface area contributed by atoms with E-state index in [0.717, 1.165) is 5.57 Å². The molecule has 2 unspecified atom stereocenters. The minimum Gasteiger partial charge on any atom is -0.385 e. The average molecular weight is 222 g/mol. The molecule has 88 valence electrons. The third kappa shape index (κ3) is 2.46. The monoisotopic (exact) mass is 222 g/mol. The number of hydrogen-bond donors (Lipinski definition) is 2. The van der Waals surface area contributed by atoms with Crippen molar-refractivity contribution in [1.82, 2.24) is 0 Å². The first-order valence-corrected chi connectivity index (χ1v) is 5.12. The first-order valence-electron chi connectivity index (χ1n) is 5.12. The summed E-state index contributed by atoms with van der Waals surface area (Å²) in [7, 11) is 1.64. The van der Waals surface area contributed by atoms with Gasteiger partial charge in [-0.2, -0.15) is 5.11 Å². The van der Waals surface area contributed by atoms with Gasteiger partial charge in [-0.05, 0) is 25.5 Å². The molecule has 0 spiro atoms. The molecule has 0 aromatic rings. The summed E-state index contributed by atoms with van der Waals surface area (Å²) in [5.74, 6) is 0. The topological polar surface area (TPSA) is 65.7 Å². The normalized spacial score (nSPS) is 28.1. The van der Waals surface area contributed by atoms with Crippen molar-refractivity contribution >= 4 is 0 Å². The van der Waals surface area contributed by atoms with Gasteiger partial charge in [-0.15, -0.1) is 0 Å². The molecule has 0 saturated carbocycles. The Morgan fingerprint density at radius 3 is 2.94 bits per heavy atom. The molecule has 0 fully saturated rings. The van der Waals surface area contributed by atoms with Gasteiger partial charge in [0.05, 0.1) is 12.2 Å². The van der Waals surface area contributed by atoms with E-state index in [9.17, 15) is 5.11 Å². The van der Waals surface area contributed by atoms with E-state index in [4.69, 9.17) is 10.3 Å². The summed E-state index contributed by atoms with van der Waals surface area (Å²) in [6.45, 7) is 4.17. The molecule has 2 N–H and O–H groups in total. The van der Waals surface area contributed by atoms with Gasteiger partial charge >= 0.3 is 0 Å². The fraction of sp³-hybridized carbons (Fsp3) is 0.500. The third-order valence-electron chi connectivity index (χ3n) is 3.00. The lowest BCUT2D eigenvalue weighted by Crippen LogP contribution is -2.38. The third-order valence-corrected chi connectivity index (χ3v) is 3.00. The standard InChI is InChI=1S/C12H18N2O2/c1-11(12(2,15)6-7-14-13)5-4-10(8-11)9-16-3/h4-8,13,15H,9H2,1-3H3/b7-6-,14-13?. The Morgan fingerprint density at radius 2 is 2.38 bits per heavy atom. The molecule has 0 bridgehead atoms. The molecule has 1 aliphatic carbocycles. The summed E-state index contributed by atoms with van der Waals surface area (Å²) in [5, 5.41) is 13.4. The highest BCUT2D eigenvalue weighted by molar-refractivity contribution is 5.38. The SMILES string of the molecule is COCC1=CC(C)(C(C)(O)/C=C\N=N)C=C1. The van der Waals surface area contributed by atoms with Gasteiger partial charge in [0.15, 0.2) is 0 Å². The van der Waals surface area contributed by atoms with Crippen LogP contribution in [0.3, 0.4) is 0 Å². The highest BCUT2D eigenvalue weighted by Gasteiger charge is 2.39. The van der Waals surface area contributed by atoms with E-state index in [1.807, 2.05) is 25.2 Å². The Labute approximate surface area is 95.8 Å². The molecule has 4 nitrogen and oxygen atoms in total. The van der Waals surface area contributed by atoms with Gasteiger partial charge in [0.2, 0.25) is 0 Å². The Kier molecular flexibility index (Phi) is 3.78. The summed E-state index contributed by atoms with van der Waals surface area (Å²) in [4.78, 5) is 0. The minimum atomic E-state index is -1.07. The number of rotatable bonds is 5. The summed E-state index contributed by atoms with van der Waals surface area (Å²) < 4.78 is 5.05. The zero-order valence-corrected chi connectivity index (χ0v) is 9.90. The number of hydrogen-bond acceptors (Lipinski definition) is 4. The van der Waals surface area contributed by atoms with Crippen LogP contribution >= 0.6 is 0 Å². The zero-order valence-electron chi connectivity index (χ0n) is 9.90.